The van der Waals surface area contributed by atoms with Gasteiger partial charge in [0.25, 0.3) is 0 Å². The Morgan fingerprint density at radius 3 is 2.24 bits per heavy atom. The van der Waals surface area contributed by atoms with E-state index in [9.17, 15) is 9.59 Å². The highest BCUT2D eigenvalue weighted by molar-refractivity contribution is 5.72. The highest BCUT2D eigenvalue weighted by Gasteiger charge is 2.31. The minimum atomic E-state index is -0.518. The summed E-state index contributed by atoms with van der Waals surface area (Å²) in [6, 6.07) is 0.233. The fraction of sp³-hybridized carbons (Fsp3) is 0.895. The Kier molecular flexibility index (Phi) is 8.69. The van der Waals surface area contributed by atoms with Gasteiger partial charge in [0.05, 0.1) is 12.5 Å². The van der Waals surface area contributed by atoms with E-state index < -0.39 is 11.7 Å². The van der Waals surface area contributed by atoms with Gasteiger partial charge in [0.15, 0.2) is 0 Å². The van der Waals surface area contributed by atoms with Gasteiger partial charge in [-0.05, 0) is 65.7 Å². The molecule has 146 valence electrons. The highest BCUT2D eigenvalue weighted by Crippen LogP contribution is 2.28. The molecule has 0 spiro atoms. The van der Waals surface area contributed by atoms with Crippen LogP contribution in [0.5, 0.6) is 0 Å². The second kappa shape index (κ2) is 10.00. The number of ether oxygens (including phenoxy) is 2. The number of esters is 1. The summed E-state index contributed by atoms with van der Waals surface area (Å²) in [5.74, 6) is 0.457. The van der Waals surface area contributed by atoms with Gasteiger partial charge in [0, 0.05) is 12.6 Å². The third-order valence-electron chi connectivity index (χ3n) is 4.34. The van der Waals surface area contributed by atoms with E-state index in [0.717, 1.165) is 38.6 Å². The lowest BCUT2D eigenvalue weighted by Crippen LogP contribution is -2.51. The van der Waals surface area contributed by atoms with Crippen molar-refractivity contribution in [3.8, 4) is 0 Å². The lowest BCUT2D eigenvalue weighted by atomic mass is 9.85. The minimum absolute atomic E-state index is 0.00956. The van der Waals surface area contributed by atoms with Crippen LogP contribution < -0.4 is 5.43 Å². The van der Waals surface area contributed by atoms with E-state index in [1.165, 1.54) is 0 Å². The summed E-state index contributed by atoms with van der Waals surface area (Å²) >= 11 is 0. The average molecular weight is 357 g/mol. The Morgan fingerprint density at radius 2 is 1.76 bits per heavy atom. The van der Waals surface area contributed by atoms with Crippen LogP contribution in [0.1, 0.15) is 73.6 Å². The molecule has 0 aromatic carbocycles. The van der Waals surface area contributed by atoms with Crippen LogP contribution in [0, 0.1) is 11.8 Å². The predicted molar refractivity (Wildman–Crippen MR) is 97.9 cm³/mol. The second-order valence-corrected chi connectivity index (χ2v) is 8.25. The van der Waals surface area contributed by atoms with E-state index >= 15 is 0 Å². The van der Waals surface area contributed by atoms with E-state index in [2.05, 4.69) is 19.3 Å². The Hall–Kier alpha value is -1.30. The van der Waals surface area contributed by atoms with Gasteiger partial charge >= 0.3 is 12.1 Å². The van der Waals surface area contributed by atoms with Crippen LogP contribution in [0.4, 0.5) is 4.79 Å². The molecule has 0 aromatic rings. The normalized spacial score (nSPS) is 21.3. The number of hydrazine groups is 1. The monoisotopic (exact) mass is 356 g/mol. The average Bonchev–Trinajstić information content (AvgIpc) is 2.50. The van der Waals surface area contributed by atoms with Crippen molar-refractivity contribution in [3.63, 3.8) is 0 Å². The summed E-state index contributed by atoms with van der Waals surface area (Å²) in [5.41, 5.74) is 2.41. The maximum absolute atomic E-state index is 12.2. The maximum Gasteiger partial charge on any atom is 0.422 e. The molecule has 0 aromatic heterocycles. The van der Waals surface area contributed by atoms with Crippen molar-refractivity contribution in [2.45, 2.75) is 85.3 Å². The van der Waals surface area contributed by atoms with Crippen molar-refractivity contribution in [1.29, 1.82) is 0 Å². The maximum atomic E-state index is 12.2. The van der Waals surface area contributed by atoms with E-state index in [4.69, 9.17) is 9.47 Å². The summed E-state index contributed by atoms with van der Waals surface area (Å²) < 4.78 is 10.5. The molecule has 0 atom stereocenters. The summed E-state index contributed by atoms with van der Waals surface area (Å²) in [7, 11) is 0. The van der Waals surface area contributed by atoms with Crippen molar-refractivity contribution in [3.05, 3.63) is 0 Å². The molecule has 6 nitrogen and oxygen atoms in total. The lowest BCUT2D eigenvalue weighted by Gasteiger charge is -2.36. The van der Waals surface area contributed by atoms with Crippen LogP contribution in [0.25, 0.3) is 0 Å². The Bertz CT molecular complexity index is 424. The van der Waals surface area contributed by atoms with Gasteiger partial charge in [-0.3, -0.25) is 10.2 Å². The molecule has 1 N–H and O–H groups in total. The Morgan fingerprint density at radius 1 is 1.16 bits per heavy atom. The van der Waals surface area contributed by atoms with Gasteiger partial charge in [-0.1, -0.05) is 13.8 Å². The molecule has 1 saturated carbocycles. The van der Waals surface area contributed by atoms with Crippen LogP contribution in [0.15, 0.2) is 0 Å². The fourth-order valence-corrected chi connectivity index (χ4v) is 3.03. The third kappa shape index (κ3) is 8.56. The topological polar surface area (TPSA) is 67.9 Å². The summed E-state index contributed by atoms with van der Waals surface area (Å²) in [4.78, 5) is 24.1. The zero-order valence-corrected chi connectivity index (χ0v) is 16.8. The fourth-order valence-electron chi connectivity index (χ4n) is 3.03. The van der Waals surface area contributed by atoms with Gasteiger partial charge in [0.1, 0.15) is 5.60 Å². The molecule has 0 radical (unpaired) electrons. The van der Waals surface area contributed by atoms with Gasteiger partial charge in [0.2, 0.25) is 0 Å². The molecule has 0 bridgehead atoms. The number of carbonyl (C=O) groups excluding carboxylic acids is 2. The molecule has 0 heterocycles. The van der Waals surface area contributed by atoms with E-state index in [0.29, 0.717) is 12.5 Å². The first-order chi connectivity index (χ1) is 11.6. The van der Waals surface area contributed by atoms with Crippen LogP contribution >= 0.6 is 0 Å². The highest BCUT2D eigenvalue weighted by atomic mass is 16.6. The summed E-state index contributed by atoms with van der Waals surface area (Å²) in [6.07, 6.45) is 3.93. The number of rotatable bonds is 7. The molecule has 0 aliphatic heterocycles. The molecule has 1 aliphatic carbocycles. The molecule has 25 heavy (non-hydrogen) atoms. The third-order valence-corrected chi connectivity index (χ3v) is 4.34. The van der Waals surface area contributed by atoms with Crippen LogP contribution in [-0.2, 0) is 14.3 Å². The van der Waals surface area contributed by atoms with Crippen molar-refractivity contribution >= 4 is 12.1 Å². The van der Waals surface area contributed by atoms with Crippen molar-refractivity contribution < 1.29 is 19.1 Å². The molecule has 0 saturated heterocycles. The van der Waals surface area contributed by atoms with Crippen molar-refractivity contribution in [2.75, 3.05) is 13.2 Å². The van der Waals surface area contributed by atoms with E-state index in [1.807, 2.05) is 32.7 Å². The molecule has 1 rings (SSSR count). The first-order valence-electron chi connectivity index (χ1n) is 9.55. The Labute approximate surface area is 152 Å². The molecule has 0 unspecified atom stereocenters. The molecule has 6 heteroatoms. The van der Waals surface area contributed by atoms with E-state index in [1.54, 1.807) is 0 Å². The number of nitrogens with one attached hydrogen (secondary N) is 1. The summed E-state index contributed by atoms with van der Waals surface area (Å²) in [5, 5.41) is 2.01. The Balaban J connectivity index is 2.61. The number of carbonyl (C=O) groups is 2. The zero-order chi connectivity index (χ0) is 19.0. The first kappa shape index (κ1) is 21.7. The number of hydrogen-bond donors (Lipinski definition) is 1. The second-order valence-electron chi connectivity index (χ2n) is 8.25. The number of amides is 1. The number of nitrogens with zero attached hydrogens (tertiary/aromatic N) is 1. The van der Waals surface area contributed by atoms with E-state index in [-0.39, 0.29) is 17.9 Å². The van der Waals surface area contributed by atoms with Crippen molar-refractivity contribution in [1.82, 2.24) is 10.4 Å². The smallest absolute Gasteiger partial charge is 0.422 e. The molecule has 1 amide bonds. The van der Waals surface area contributed by atoms with Crippen molar-refractivity contribution in [2.24, 2.45) is 11.8 Å². The number of hydrogen-bond acceptors (Lipinski definition) is 5. The van der Waals surface area contributed by atoms with Crippen LogP contribution in [-0.4, -0.2) is 41.9 Å². The van der Waals surface area contributed by atoms with Crippen LogP contribution in [0.3, 0.4) is 0 Å². The van der Waals surface area contributed by atoms with Gasteiger partial charge in [-0.2, -0.15) is 0 Å². The lowest BCUT2D eigenvalue weighted by molar-refractivity contribution is -0.149. The largest absolute Gasteiger partial charge is 0.466 e. The van der Waals surface area contributed by atoms with Gasteiger partial charge in [-0.25, -0.2) is 9.80 Å². The molecule has 1 aliphatic rings. The standard InChI is InChI=1S/C19H36N2O4/c1-7-24-17(22)15-8-10-16(11-9-15)21(13-12-14(2)3)20-18(23)25-19(4,5)6/h14-16H,7-13H2,1-6H3,(H,20,23). The minimum Gasteiger partial charge on any atom is -0.466 e. The first-order valence-corrected chi connectivity index (χ1v) is 9.55. The quantitative estimate of drug-likeness (QED) is 0.553. The summed E-state index contributed by atoms with van der Waals surface area (Å²) in [6.45, 7) is 13.0. The van der Waals surface area contributed by atoms with Gasteiger partial charge in [-0.15, -0.1) is 0 Å². The predicted octanol–water partition coefficient (Wildman–Crippen LogP) is 3.90. The molecule has 1 fully saturated rings. The molecular formula is C19H36N2O4. The SMILES string of the molecule is CCOC(=O)C1CCC(N(CCC(C)C)NC(=O)OC(C)(C)C)CC1. The molecular weight excluding hydrogens is 320 g/mol. The van der Waals surface area contributed by atoms with Gasteiger partial charge < -0.3 is 9.47 Å². The van der Waals surface area contributed by atoms with Crippen LogP contribution in [0.2, 0.25) is 0 Å². The zero-order valence-electron chi connectivity index (χ0n) is 16.8.